The fourth-order valence-electron chi connectivity index (χ4n) is 3.88. The van der Waals surface area contributed by atoms with Crippen LogP contribution in [0.2, 0.25) is 10.0 Å². The number of rotatable bonds is 11. The third-order valence-corrected chi connectivity index (χ3v) is 7.21. The lowest BCUT2D eigenvalue weighted by Crippen LogP contribution is -2.53. The molecule has 3 aromatic carbocycles. The molecule has 2 amide bonds. The second kappa shape index (κ2) is 13.5. The van der Waals surface area contributed by atoms with E-state index in [1.807, 2.05) is 76.2 Å². The van der Waals surface area contributed by atoms with E-state index in [1.54, 1.807) is 18.2 Å². The molecule has 0 aliphatic carbocycles. The Labute approximate surface area is 229 Å². The number of carbonyl (C=O) groups is 2. The van der Waals surface area contributed by atoms with Crippen molar-refractivity contribution in [2.24, 2.45) is 0 Å². The van der Waals surface area contributed by atoms with Crippen molar-refractivity contribution in [3.8, 4) is 5.75 Å². The van der Waals surface area contributed by atoms with Crippen LogP contribution in [0.4, 0.5) is 0 Å². The summed E-state index contributed by atoms with van der Waals surface area (Å²) in [5.74, 6) is 0.0196. The summed E-state index contributed by atoms with van der Waals surface area (Å²) in [6.07, 6.45) is 1.10. The molecular formula is C30H34Cl2N2O3. The summed E-state index contributed by atoms with van der Waals surface area (Å²) in [5, 5.41) is 3.91. The number of carbonyl (C=O) groups excluding carboxylic acids is 2. The zero-order valence-corrected chi connectivity index (χ0v) is 23.3. The predicted octanol–water partition coefficient (Wildman–Crippen LogP) is 6.54. The fraction of sp³-hybridized carbons (Fsp3) is 0.333. The molecular weight excluding hydrogens is 507 g/mol. The lowest BCUT2D eigenvalue weighted by Gasteiger charge is -2.32. The summed E-state index contributed by atoms with van der Waals surface area (Å²) < 4.78 is 5.88. The maximum atomic E-state index is 13.7. The highest BCUT2D eigenvalue weighted by molar-refractivity contribution is 6.36. The summed E-state index contributed by atoms with van der Waals surface area (Å²) in [5.41, 5.74) is 3.72. The molecule has 196 valence electrons. The molecule has 0 aliphatic rings. The molecule has 0 unspecified atom stereocenters. The van der Waals surface area contributed by atoms with E-state index in [2.05, 4.69) is 5.32 Å². The highest BCUT2D eigenvalue weighted by atomic mass is 35.5. The molecule has 0 saturated carbocycles. The van der Waals surface area contributed by atoms with Gasteiger partial charge in [-0.3, -0.25) is 9.59 Å². The van der Waals surface area contributed by atoms with Gasteiger partial charge in [0.25, 0.3) is 5.91 Å². The number of nitrogens with one attached hydrogen (secondary N) is 1. The minimum absolute atomic E-state index is 0.0431. The molecule has 0 heterocycles. The highest BCUT2D eigenvalue weighted by Gasteiger charge is 2.32. The van der Waals surface area contributed by atoms with Crippen LogP contribution in [0.3, 0.4) is 0 Å². The Kier molecular flexibility index (Phi) is 10.4. The molecule has 5 nitrogen and oxygen atoms in total. The third kappa shape index (κ3) is 7.98. The van der Waals surface area contributed by atoms with Gasteiger partial charge in [-0.1, -0.05) is 72.6 Å². The van der Waals surface area contributed by atoms with Crippen molar-refractivity contribution in [1.29, 1.82) is 0 Å². The van der Waals surface area contributed by atoms with Gasteiger partial charge in [-0.05, 0) is 68.1 Å². The number of hydrogen-bond donors (Lipinski definition) is 1. The van der Waals surface area contributed by atoms with Crippen LogP contribution >= 0.6 is 23.2 Å². The second-order valence-electron chi connectivity index (χ2n) is 9.28. The Morgan fingerprint density at radius 2 is 1.62 bits per heavy atom. The van der Waals surface area contributed by atoms with E-state index in [9.17, 15) is 9.59 Å². The Morgan fingerprint density at radius 1 is 0.946 bits per heavy atom. The van der Waals surface area contributed by atoms with Gasteiger partial charge in [-0.2, -0.15) is 0 Å². The average molecular weight is 542 g/mol. The van der Waals surface area contributed by atoms with Gasteiger partial charge in [0.15, 0.2) is 6.61 Å². The van der Waals surface area contributed by atoms with Gasteiger partial charge < -0.3 is 15.0 Å². The summed E-state index contributed by atoms with van der Waals surface area (Å²) in [7, 11) is 0. The zero-order chi connectivity index (χ0) is 26.9. The average Bonchev–Trinajstić information content (AvgIpc) is 2.88. The number of aryl methyl sites for hydroxylation is 2. The minimum Gasteiger partial charge on any atom is -0.484 e. The van der Waals surface area contributed by atoms with Gasteiger partial charge >= 0.3 is 0 Å². The lowest BCUT2D eigenvalue weighted by molar-refractivity contribution is -0.143. The summed E-state index contributed by atoms with van der Waals surface area (Å²) in [6.45, 7) is 7.79. The monoisotopic (exact) mass is 540 g/mol. The van der Waals surface area contributed by atoms with Crippen LogP contribution in [0.15, 0.2) is 66.7 Å². The third-order valence-electron chi connectivity index (χ3n) is 6.50. The normalized spacial score (nSPS) is 12.5. The van der Waals surface area contributed by atoms with Crippen molar-refractivity contribution in [3.63, 3.8) is 0 Å². The number of hydrogen-bond acceptors (Lipinski definition) is 3. The van der Waals surface area contributed by atoms with Gasteiger partial charge in [0.1, 0.15) is 11.8 Å². The smallest absolute Gasteiger partial charge is 0.261 e. The minimum atomic E-state index is -0.792. The first-order valence-electron chi connectivity index (χ1n) is 12.5. The molecule has 0 radical (unpaired) electrons. The Hall–Kier alpha value is -3.02. The van der Waals surface area contributed by atoms with Crippen molar-refractivity contribution in [2.45, 2.75) is 59.2 Å². The Bertz CT molecular complexity index is 1200. The van der Waals surface area contributed by atoms with Crippen molar-refractivity contribution >= 4 is 35.0 Å². The number of ether oxygens (including phenoxy) is 1. The molecule has 0 saturated heterocycles. The van der Waals surface area contributed by atoms with Crippen LogP contribution in [-0.4, -0.2) is 35.4 Å². The van der Waals surface area contributed by atoms with Crippen molar-refractivity contribution < 1.29 is 14.3 Å². The zero-order valence-electron chi connectivity index (χ0n) is 21.8. The van der Waals surface area contributed by atoms with Gasteiger partial charge in [-0.15, -0.1) is 0 Å². The van der Waals surface area contributed by atoms with Crippen LogP contribution in [-0.2, 0) is 22.6 Å². The molecule has 1 N–H and O–H groups in total. The molecule has 0 spiro atoms. The van der Waals surface area contributed by atoms with Gasteiger partial charge in [-0.25, -0.2) is 0 Å². The van der Waals surface area contributed by atoms with Crippen LogP contribution in [0, 0.1) is 13.8 Å². The van der Waals surface area contributed by atoms with Gasteiger partial charge in [0.2, 0.25) is 5.91 Å². The Morgan fingerprint density at radius 3 is 2.24 bits per heavy atom. The van der Waals surface area contributed by atoms with Crippen LogP contribution < -0.4 is 10.1 Å². The van der Waals surface area contributed by atoms with Crippen LogP contribution in [0.5, 0.6) is 5.75 Å². The number of nitrogens with zero attached hydrogens (tertiary/aromatic N) is 1. The molecule has 0 aromatic heterocycles. The lowest BCUT2D eigenvalue weighted by atomic mass is 10.0. The summed E-state index contributed by atoms with van der Waals surface area (Å²) >= 11 is 13.0. The van der Waals surface area contributed by atoms with Gasteiger partial charge in [0.05, 0.1) is 0 Å². The van der Waals surface area contributed by atoms with Crippen LogP contribution in [0.25, 0.3) is 0 Å². The number of halogens is 2. The van der Waals surface area contributed by atoms with E-state index >= 15 is 0 Å². The maximum absolute atomic E-state index is 13.7. The SMILES string of the molecule is CC[C@@H](C)NC(=O)[C@H](Cc1ccccc1)N(Cc1c(Cl)cccc1Cl)C(=O)COc1ccc(C)c(C)c1. The molecule has 0 aliphatic heterocycles. The molecule has 0 fully saturated rings. The van der Waals surface area contributed by atoms with E-state index in [4.69, 9.17) is 27.9 Å². The second-order valence-corrected chi connectivity index (χ2v) is 10.1. The maximum Gasteiger partial charge on any atom is 0.261 e. The molecule has 3 rings (SSSR count). The van der Waals surface area contributed by atoms with Gasteiger partial charge in [0, 0.05) is 34.6 Å². The molecule has 2 atom stereocenters. The van der Waals surface area contributed by atoms with E-state index < -0.39 is 6.04 Å². The number of amides is 2. The number of benzene rings is 3. The van der Waals surface area contributed by atoms with Crippen molar-refractivity contribution in [2.75, 3.05) is 6.61 Å². The largest absolute Gasteiger partial charge is 0.484 e. The molecule has 37 heavy (non-hydrogen) atoms. The Balaban J connectivity index is 1.96. The predicted molar refractivity (Wildman–Crippen MR) is 150 cm³/mol. The summed E-state index contributed by atoms with van der Waals surface area (Å²) in [4.78, 5) is 28.8. The quantitative estimate of drug-likeness (QED) is 0.300. The van der Waals surface area contributed by atoms with Crippen molar-refractivity contribution in [1.82, 2.24) is 10.2 Å². The van der Waals surface area contributed by atoms with Crippen molar-refractivity contribution in [3.05, 3.63) is 99.0 Å². The molecule has 3 aromatic rings. The van der Waals surface area contributed by atoms with Crippen LogP contribution in [0.1, 0.15) is 42.5 Å². The fourth-order valence-corrected chi connectivity index (χ4v) is 4.40. The first kappa shape index (κ1) is 28.5. The standard InChI is InChI=1S/C30H34Cl2N2O3/c1-5-22(4)33-30(36)28(17-23-10-7-6-8-11-23)34(18-25-26(31)12-9-13-27(25)32)29(35)19-37-24-15-14-20(2)21(3)16-24/h6-16,22,28H,5,17-19H2,1-4H3,(H,33,36)/t22-,28+/m1/s1. The van der Waals surface area contributed by atoms with E-state index in [0.29, 0.717) is 27.8 Å². The summed E-state index contributed by atoms with van der Waals surface area (Å²) in [6, 6.07) is 19.7. The topological polar surface area (TPSA) is 58.6 Å². The molecule has 0 bridgehead atoms. The highest BCUT2D eigenvalue weighted by Crippen LogP contribution is 2.27. The van der Waals surface area contributed by atoms with E-state index in [-0.39, 0.29) is 31.0 Å². The first-order chi connectivity index (χ1) is 17.7. The van der Waals surface area contributed by atoms with E-state index in [0.717, 1.165) is 23.1 Å². The molecule has 7 heteroatoms. The first-order valence-corrected chi connectivity index (χ1v) is 13.2. The van der Waals surface area contributed by atoms with E-state index in [1.165, 1.54) is 4.90 Å².